The molecule has 0 unspecified atom stereocenters. The molecule has 0 spiro atoms. The SMILES string of the molecule is C.C.CC(C)(C)OC(=O)N[C@H]1CCCCC/C=C\[C@@H]2C[C@@]2(C(=O)NS(=O)(=O)C2CC2)NC(=O)[C@@H]2C[C@@H](CC(=O)N3Cc4ccccc4C3)CN2C1=O.CN(C)S(=O)(=O)NC(=O)[C@@]12C[C@H]1/C=C\CCCCC[C@H](NC(=O)OC(C)(C)C)C(=O)N1C[C@H](OC(=O)N3Cc4ccccc4C3)C[C@H]1C(=O)N2. The number of carbonyl (C=O) groups excluding carboxylic acids is 10. The van der Waals surface area contributed by atoms with E-state index in [9.17, 15) is 64.8 Å². The Bertz CT molecular complexity index is 3510. The van der Waals surface area contributed by atoms with Crippen LogP contribution in [-0.4, -0.2) is 185 Å². The van der Waals surface area contributed by atoms with Gasteiger partial charge in [-0.25, -0.2) is 27.5 Å². The lowest BCUT2D eigenvalue weighted by molar-refractivity contribution is -0.141. The molecule has 2 saturated heterocycles. The van der Waals surface area contributed by atoms with Crippen LogP contribution in [0, 0.1) is 17.8 Å². The molecule has 5 fully saturated rings. The highest BCUT2D eigenvalue weighted by Gasteiger charge is 2.63. The molecule has 6 aliphatic heterocycles. The lowest BCUT2D eigenvalue weighted by Gasteiger charge is -2.30. The van der Waals surface area contributed by atoms with Gasteiger partial charge in [0.15, 0.2) is 0 Å². The Morgan fingerprint density at radius 3 is 1.45 bits per heavy atom. The fourth-order valence-corrected chi connectivity index (χ4v) is 15.9. The van der Waals surface area contributed by atoms with E-state index in [2.05, 4.69) is 30.7 Å². The molecule has 10 amide bonds. The molecule has 2 aromatic rings. The Kier molecular flexibility index (Phi) is 25.2. The van der Waals surface area contributed by atoms with Crippen LogP contribution >= 0.6 is 0 Å². The number of rotatable bonds is 11. The molecule has 3 saturated carbocycles. The van der Waals surface area contributed by atoms with Crippen LogP contribution in [0.4, 0.5) is 14.4 Å². The molecular formula is C72H105N11O17S2. The summed E-state index contributed by atoms with van der Waals surface area (Å²) in [4.78, 5) is 143. The summed E-state index contributed by atoms with van der Waals surface area (Å²) in [5.41, 5.74) is -0.483. The van der Waals surface area contributed by atoms with Crippen LogP contribution in [0.5, 0.6) is 0 Å². The van der Waals surface area contributed by atoms with Crippen molar-refractivity contribution in [2.24, 2.45) is 17.8 Å². The Labute approximate surface area is 600 Å². The normalized spacial score (nSPS) is 28.0. The number of carbonyl (C=O) groups is 10. The van der Waals surface area contributed by atoms with Crippen LogP contribution in [0.1, 0.15) is 188 Å². The number of nitrogens with one attached hydrogen (secondary N) is 6. The molecule has 30 heteroatoms. The molecule has 2 aromatic carbocycles. The predicted molar refractivity (Wildman–Crippen MR) is 378 cm³/mol. The second-order valence-electron chi connectivity index (χ2n) is 30.2. The van der Waals surface area contributed by atoms with E-state index >= 15 is 0 Å². The van der Waals surface area contributed by atoms with Gasteiger partial charge in [0.25, 0.3) is 11.8 Å². The van der Waals surface area contributed by atoms with Crippen LogP contribution < -0.4 is 30.7 Å². The van der Waals surface area contributed by atoms with Crippen molar-refractivity contribution in [2.75, 3.05) is 27.2 Å². The Morgan fingerprint density at radius 2 is 1.01 bits per heavy atom. The van der Waals surface area contributed by atoms with E-state index in [1.54, 1.807) is 51.3 Å². The van der Waals surface area contributed by atoms with E-state index in [1.807, 2.05) is 72.8 Å². The lowest BCUT2D eigenvalue weighted by atomic mass is 10.00. The van der Waals surface area contributed by atoms with Crippen molar-refractivity contribution in [1.29, 1.82) is 0 Å². The molecule has 102 heavy (non-hydrogen) atoms. The molecule has 0 radical (unpaired) electrons. The van der Waals surface area contributed by atoms with Crippen molar-refractivity contribution >= 4 is 79.9 Å². The molecule has 10 atom stereocenters. The summed E-state index contributed by atoms with van der Waals surface area (Å²) in [6.45, 7) is 12.0. The first-order valence-corrected chi connectivity index (χ1v) is 37.9. The maximum Gasteiger partial charge on any atom is 0.410 e. The van der Waals surface area contributed by atoms with Crippen LogP contribution in [-0.2, 0) is 94.2 Å². The van der Waals surface area contributed by atoms with Crippen molar-refractivity contribution < 1.29 is 79.0 Å². The van der Waals surface area contributed by atoms with E-state index in [0.717, 1.165) is 52.2 Å². The fourth-order valence-electron chi connectivity index (χ4n) is 14.0. The number of hydrogen-bond acceptors (Lipinski definition) is 17. The molecule has 11 rings (SSSR count). The Morgan fingerprint density at radius 1 is 0.578 bits per heavy atom. The fraction of sp³-hybridized carbons (Fsp3) is 0.639. The molecule has 6 N–H and O–H groups in total. The average Bonchev–Trinajstić information content (AvgIpc) is 1.58. The molecule has 6 heterocycles. The van der Waals surface area contributed by atoms with E-state index in [1.165, 1.54) is 23.9 Å². The summed E-state index contributed by atoms with van der Waals surface area (Å²) in [6.07, 6.45) is 12.4. The molecular weight excluding hydrogens is 1350 g/mol. The minimum Gasteiger partial charge on any atom is -0.444 e. The maximum atomic E-state index is 14.3. The largest absolute Gasteiger partial charge is 0.444 e. The summed E-state index contributed by atoms with van der Waals surface area (Å²) >= 11 is 0. The summed E-state index contributed by atoms with van der Waals surface area (Å²) in [7, 11) is -5.49. The number of hydrogen-bond donors (Lipinski definition) is 6. The summed E-state index contributed by atoms with van der Waals surface area (Å²) in [6, 6.07) is 11.3. The van der Waals surface area contributed by atoms with Gasteiger partial charge < -0.3 is 50.2 Å². The summed E-state index contributed by atoms with van der Waals surface area (Å²) in [5.74, 6) is -5.33. The van der Waals surface area contributed by atoms with Gasteiger partial charge in [0.1, 0.15) is 52.6 Å². The number of amides is 10. The van der Waals surface area contributed by atoms with E-state index in [0.29, 0.717) is 71.1 Å². The molecule has 28 nitrogen and oxygen atoms in total. The number of sulfonamides is 1. The zero-order valence-corrected chi connectivity index (χ0v) is 60.0. The van der Waals surface area contributed by atoms with Crippen molar-refractivity contribution in [3.8, 4) is 0 Å². The zero-order chi connectivity index (χ0) is 72.3. The molecule has 9 aliphatic rings. The minimum atomic E-state index is -4.17. The topological polar surface area (TPSA) is 355 Å². The molecule has 3 aliphatic carbocycles. The van der Waals surface area contributed by atoms with Crippen molar-refractivity contribution in [3.05, 3.63) is 95.1 Å². The van der Waals surface area contributed by atoms with Gasteiger partial charge in [0.05, 0.1) is 11.8 Å². The Balaban J connectivity index is 0.000000254. The third-order valence-corrected chi connectivity index (χ3v) is 22.9. The van der Waals surface area contributed by atoms with Gasteiger partial charge in [0.2, 0.25) is 39.6 Å². The molecule has 0 bridgehead atoms. The van der Waals surface area contributed by atoms with Crippen LogP contribution in [0.25, 0.3) is 0 Å². The lowest BCUT2D eigenvalue weighted by Crippen LogP contribution is -2.58. The van der Waals surface area contributed by atoms with Gasteiger partial charge in [-0.1, -0.05) is 113 Å². The second-order valence-corrected chi connectivity index (χ2v) is 34.0. The predicted octanol–water partition coefficient (Wildman–Crippen LogP) is 6.62. The van der Waals surface area contributed by atoms with Crippen molar-refractivity contribution in [1.82, 2.24) is 54.6 Å². The number of nitrogens with zero attached hydrogens (tertiary/aromatic N) is 5. The minimum absolute atomic E-state index is 0. The second kappa shape index (κ2) is 32.3. The molecule has 0 aromatic heterocycles. The number of benzene rings is 2. The van der Waals surface area contributed by atoms with Crippen LogP contribution in [0.15, 0.2) is 72.8 Å². The number of ether oxygens (including phenoxy) is 3. The van der Waals surface area contributed by atoms with Gasteiger partial charge in [-0.15, -0.1) is 0 Å². The highest BCUT2D eigenvalue weighted by atomic mass is 32.2. The monoisotopic (exact) mass is 1460 g/mol. The maximum absolute atomic E-state index is 14.3. The standard InChI is InChI=1S/C36H49N5O8S.C34H48N6O9S.2CH4/c1-35(2,3)49-34(46)37-28-14-8-6-4-5-7-13-26-19-36(26,33(45)39-50(47,48)27-15-16-27)38-31(43)29-17-23(20-41(29)32(28)44)18-30(42)40-21-24-11-9-10-12-25(24)22-40;1-33(2,3)49-31(44)35-26-16-10-8-6-7-9-15-24-18-34(24,30(43)37-50(46,47)38(4)5)36-28(41)27-17-25(21-40(27)29(26)42)48-32(45)39-19-22-13-11-12-14-23(22)20-39;;/h7,9-13,23,26-29H,4-6,8,14-22H2,1-3H3,(H,37,46)(H,38,43)(H,39,45);9,11-15,24-27H,6-8,10,16-21H2,1-5H3,(H,35,44)(H,36,41)(H,37,43);2*1H4/b13-7-;15-9-;;/t23-,26+,28-,29-,36+;24-,25-,26+,27+,34-;;/m01../s1. The van der Waals surface area contributed by atoms with Gasteiger partial charge in [-0.3, -0.25) is 43.2 Å². The summed E-state index contributed by atoms with van der Waals surface area (Å²) in [5, 5.41) is 10.4. The van der Waals surface area contributed by atoms with E-state index in [-0.39, 0.29) is 78.3 Å². The highest BCUT2D eigenvalue weighted by Crippen LogP contribution is 2.48. The zero-order valence-electron chi connectivity index (χ0n) is 58.4. The van der Waals surface area contributed by atoms with Gasteiger partial charge >= 0.3 is 28.5 Å². The molecule has 562 valence electrons. The Hall–Kier alpha value is -8.12. The van der Waals surface area contributed by atoms with Gasteiger partial charge in [0, 0.05) is 71.5 Å². The van der Waals surface area contributed by atoms with E-state index < -0.39 is 144 Å². The smallest absolute Gasteiger partial charge is 0.410 e. The van der Waals surface area contributed by atoms with Crippen LogP contribution in [0.2, 0.25) is 0 Å². The number of allylic oxidation sites excluding steroid dienone is 2. The third-order valence-electron chi connectivity index (χ3n) is 19.7. The van der Waals surface area contributed by atoms with Crippen LogP contribution in [0.3, 0.4) is 0 Å². The number of fused-ring (bicyclic) bond motifs is 6. The first-order chi connectivity index (χ1) is 47.1. The number of alkyl carbamates (subject to hydrolysis) is 2. The quantitative estimate of drug-likeness (QED) is 0.102. The summed E-state index contributed by atoms with van der Waals surface area (Å²) < 4.78 is 72.6. The average molecular weight is 1460 g/mol. The van der Waals surface area contributed by atoms with Gasteiger partial charge in [-0.2, -0.15) is 12.7 Å². The van der Waals surface area contributed by atoms with E-state index in [4.69, 9.17) is 14.2 Å². The van der Waals surface area contributed by atoms with Crippen molar-refractivity contribution in [3.63, 3.8) is 0 Å². The first kappa shape index (κ1) is 79.6. The first-order valence-electron chi connectivity index (χ1n) is 34.9. The van der Waals surface area contributed by atoms with Gasteiger partial charge in [-0.05, 0) is 140 Å². The van der Waals surface area contributed by atoms with Crippen molar-refractivity contribution in [2.45, 2.75) is 250 Å². The third kappa shape index (κ3) is 19.6. The highest BCUT2D eigenvalue weighted by molar-refractivity contribution is 7.91.